The number of nitrogens with zero attached hydrogens (tertiary/aromatic N) is 2. The molecule has 152 valence electrons. The summed E-state index contributed by atoms with van der Waals surface area (Å²) in [6.07, 6.45) is 1.63. The number of methoxy groups -OCH3 is 1. The summed E-state index contributed by atoms with van der Waals surface area (Å²) >= 11 is 0. The molecular formula is C22H25FN4O2. The van der Waals surface area contributed by atoms with Crippen LogP contribution >= 0.6 is 0 Å². The molecule has 0 fully saturated rings. The molecular weight excluding hydrogens is 371 g/mol. The van der Waals surface area contributed by atoms with E-state index in [-0.39, 0.29) is 12.4 Å². The minimum atomic E-state index is -0.273. The number of hydrogen-bond donors (Lipinski definition) is 2. The number of aliphatic imine (C=N–C) groups is 1. The predicted molar refractivity (Wildman–Crippen MR) is 111 cm³/mol. The lowest BCUT2D eigenvalue weighted by atomic mass is 10.1. The Hall–Kier alpha value is -3.19. The summed E-state index contributed by atoms with van der Waals surface area (Å²) in [5, 5.41) is 6.44. The second-order valence-corrected chi connectivity index (χ2v) is 6.42. The highest BCUT2D eigenvalue weighted by atomic mass is 19.1. The van der Waals surface area contributed by atoms with Gasteiger partial charge in [0.2, 0.25) is 5.89 Å². The van der Waals surface area contributed by atoms with Crippen molar-refractivity contribution < 1.29 is 13.5 Å². The highest BCUT2D eigenvalue weighted by molar-refractivity contribution is 5.79. The molecule has 29 heavy (non-hydrogen) atoms. The van der Waals surface area contributed by atoms with Crippen molar-refractivity contribution >= 4 is 5.96 Å². The molecule has 3 aromatic rings. The van der Waals surface area contributed by atoms with E-state index in [9.17, 15) is 4.39 Å². The van der Waals surface area contributed by atoms with Crippen LogP contribution in [0.3, 0.4) is 0 Å². The van der Waals surface area contributed by atoms with E-state index in [4.69, 9.17) is 9.15 Å². The van der Waals surface area contributed by atoms with Gasteiger partial charge in [-0.05, 0) is 36.8 Å². The Kier molecular flexibility index (Phi) is 7.35. The van der Waals surface area contributed by atoms with Crippen LogP contribution in [0.2, 0.25) is 0 Å². The first-order valence-corrected chi connectivity index (χ1v) is 9.48. The van der Waals surface area contributed by atoms with Crippen molar-refractivity contribution in [3.63, 3.8) is 0 Å². The van der Waals surface area contributed by atoms with Gasteiger partial charge in [0.1, 0.15) is 12.1 Å². The molecule has 1 heterocycles. The van der Waals surface area contributed by atoms with E-state index in [2.05, 4.69) is 20.6 Å². The van der Waals surface area contributed by atoms with Crippen molar-refractivity contribution in [3.05, 3.63) is 77.4 Å². The smallest absolute Gasteiger partial charge is 0.226 e. The third kappa shape index (κ3) is 5.89. The van der Waals surface area contributed by atoms with Gasteiger partial charge >= 0.3 is 0 Å². The second kappa shape index (κ2) is 10.4. The molecule has 0 radical (unpaired) electrons. The van der Waals surface area contributed by atoms with E-state index in [1.165, 1.54) is 6.07 Å². The van der Waals surface area contributed by atoms with Crippen LogP contribution in [-0.2, 0) is 24.4 Å². The maximum absolute atomic E-state index is 13.8. The summed E-state index contributed by atoms with van der Waals surface area (Å²) in [6, 6.07) is 14.7. The zero-order valence-corrected chi connectivity index (χ0v) is 16.6. The fourth-order valence-corrected chi connectivity index (χ4v) is 2.78. The molecule has 6 nitrogen and oxygen atoms in total. The van der Waals surface area contributed by atoms with E-state index in [0.717, 1.165) is 23.4 Å². The van der Waals surface area contributed by atoms with Crippen molar-refractivity contribution in [2.24, 2.45) is 4.99 Å². The van der Waals surface area contributed by atoms with Gasteiger partial charge in [0.15, 0.2) is 5.96 Å². The zero-order valence-electron chi connectivity index (χ0n) is 16.6. The molecule has 7 heteroatoms. The van der Waals surface area contributed by atoms with Crippen LogP contribution < -0.4 is 10.6 Å². The minimum Gasteiger partial charge on any atom is -0.444 e. The van der Waals surface area contributed by atoms with Crippen LogP contribution in [-0.4, -0.2) is 24.6 Å². The number of rotatable bonds is 8. The van der Waals surface area contributed by atoms with Crippen molar-refractivity contribution in [2.75, 3.05) is 13.7 Å². The maximum atomic E-state index is 13.8. The number of guanidine groups is 1. The molecule has 2 aromatic carbocycles. The number of benzene rings is 2. The Morgan fingerprint density at radius 1 is 1.17 bits per heavy atom. The van der Waals surface area contributed by atoms with E-state index in [0.29, 0.717) is 30.5 Å². The fourth-order valence-electron chi connectivity index (χ4n) is 2.78. The molecule has 0 aliphatic carbocycles. The van der Waals surface area contributed by atoms with Gasteiger partial charge in [-0.3, -0.25) is 0 Å². The van der Waals surface area contributed by atoms with E-state index in [1.54, 1.807) is 25.5 Å². The lowest BCUT2D eigenvalue weighted by molar-refractivity contribution is 0.181. The summed E-state index contributed by atoms with van der Waals surface area (Å²) in [5.41, 5.74) is 3.14. The summed E-state index contributed by atoms with van der Waals surface area (Å²) in [5.74, 6) is 0.959. The van der Waals surface area contributed by atoms with Crippen molar-refractivity contribution in [1.82, 2.24) is 15.6 Å². The molecule has 3 rings (SSSR count). The normalized spacial score (nSPS) is 11.5. The molecule has 0 aliphatic rings. The Bertz CT molecular complexity index is 941. The number of halogens is 1. The molecule has 1 aromatic heterocycles. The fraction of sp³-hybridized carbons (Fsp3) is 0.273. The van der Waals surface area contributed by atoms with E-state index < -0.39 is 0 Å². The zero-order chi connectivity index (χ0) is 20.5. The van der Waals surface area contributed by atoms with E-state index >= 15 is 0 Å². The van der Waals surface area contributed by atoms with Crippen LogP contribution in [0.5, 0.6) is 0 Å². The average molecular weight is 396 g/mol. The summed E-state index contributed by atoms with van der Waals surface area (Å²) in [7, 11) is 1.55. The molecule has 0 amide bonds. The van der Waals surface area contributed by atoms with Gasteiger partial charge in [0.05, 0.1) is 25.4 Å². The lowest BCUT2D eigenvalue weighted by Gasteiger charge is -2.10. The SMILES string of the molecule is CCNC(=NCc1ccc(F)c(COC)c1)NCc1coc(-c2ccccc2)n1. The summed E-state index contributed by atoms with van der Waals surface area (Å²) in [4.78, 5) is 9.07. The third-order valence-electron chi connectivity index (χ3n) is 4.18. The van der Waals surface area contributed by atoms with E-state index in [1.807, 2.05) is 37.3 Å². The van der Waals surface area contributed by atoms with Gasteiger partial charge in [-0.25, -0.2) is 14.4 Å². The highest BCUT2D eigenvalue weighted by Gasteiger charge is 2.07. The second-order valence-electron chi connectivity index (χ2n) is 6.42. The van der Waals surface area contributed by atoms with Crippen molar-refractivity contribution in [1.29, 1.82) is 0 Å². The van der Waals surface area contributed by atoms with Gasteiger partial charge in [0.25, 0.3) is 0 Å². The third-order valence-corrected chi connectivity index (χ3v) is 4.18. The summed E-state index contributed by atoms with van der Waals surface area (Å²) < 4.78 is 24.3. The first-order valence-electron chi connectivity index (χ1n) is 9.48. The van der Waals surface area contributed by atoms with Crippen LogP contribution in [0.1, 0.15) is 23.7 Å². The Balaban J connectivity index is 1.63. The standard InChI is InChI=1S/C22H25FN4O2/c1-3-24-22(25-12-16-9-10-20(23)18(11-16)14-28-2)26-13-19-15-29-21(27-19)17-7-5-4-6-8-17/h4-11,15H,3,12-14H2,1-2H3,(H2,24,25,26). The van der Waals surface area contributed by atoms with Gasteiger partial charge in [-0.2, -0.15) is 0 Å². The quantitative estimate of drug-likeness (QED) is 0.447. The van der Waals surface area contributed by atoms with Crippen molar-refractivity contribution in [2.45, 2.75) is 26.6 Å². The Labute approximate surface area is 169 Å². The average Bonchev–Trinajstić information content (AvgIpc) is 3.22. The number of oxazole rings is 1. The molecule has 0 saturated carbocycles. The Morgan fingerprint density at radius 3 is 2.76 bits per heavy atom. The first kappa shape index (κ1) is 20.5. The lowest BCUT2D eigenvalue weighted by Crippen LogP contribution is -2.36. The van der Waals surface area contributed by atoms with Gasteiger partial charge in [-0.15, -0.1) is 0 Å². The van der Waals surface area contributed by atoms with Crippen LogP contribution in [0.15, 0.2) is 64.2 Å². The van der Waals surface area contributed by atoms with Gasteiger partial charge < -0.3 is 19.8 Å². The van der Waals surface area contributed by atoms with Crippen LogP contribution in [0, 0.1) is 5.82 Å². The molecule has 0 aliphatic heterocycles. The summed E-state index contributed by atoms with van der Waals surface area (Å²) in [6.45, 7) is 3.84. The molecule has 0 atom stereocenters. The predicted octanol–water partition coefficient (Wildman–Crippen LogP) is 3.88. The highest BCUT2D eigenvalue weighted by Crippen LogP contribution is 2.17. The van der Waals surface area contributed by atoms with Gasteiger partial charge in [-0.1, -0.05) is 24.3 Å². The van der Waals surface area contributed by atoms with Crippen molar-refractivity contribution in [3.8, 4) is 11.5 Å². The van der Waals surface area contributed by atoms with Crippen LogP contribution in [0.4, 0.5) is 4.39 Å². The molecule has 0 unspecified atom stereocenters. The number of ether oxygens (including phenoxy) is 1. The monoisotopic (exact) mass is 396 g/mol. The maximum Gasteiger partial charge on any atom is 0.226 e. The number of nitrogens with one attached hydrogen (secondary N) is 2. The minimum absolute atomic E-state index is 0.234. The number of aromatic nitrogens is 1. The molecule has 0 saturated heterocycles. The molecule has 0 spiro atoms. The topological polar surface area (TPSA) is 71.7 Å². The number of hydrogen-bond acceptors (Lipinski definition) is 4. The molecule has 0 bridgehead atoms. The first-order chi connectivity index (χ1) is 14.2. The largest absolute Gasteiger partial charge is 0.444 e. The van der Waals surface area contributed by atoms with Gasteiger partial charge in [0, 0.05) is 24.8 Å². The molecule has 2 N–H and O–H groups in total. The van der Waals surface area contributed by atoms with Crippen LogP contribution in [0.25, 0.3) is 11.5 Å². The Morgan fingerprint density at radius 2 is 2.00 bits per heavy atom.